The summed E-state index contributed by atoms with van der Waals surface area (Å²) in [5.41, 5.74) is 0.688. The number of hydrogen-bond acceptors (Lipinski definition) is 6. The normalized spacial score (nSPS) is 11.7. The van der Waals surface area contributed by atoms with Gasteiger partial charge in [-0.3, -0.25) is 19.5 Å². The first kappa shape index (κ1) is 21.2. The lowest BCUT2D eigenvalue weighted by Gasteiger charge is -2.13. The Morgan fingerprint density at radius 1 is 1.30 bits per heavy atom. The molecule has 0 aliphatic rings. The summed E-state index contributed by atoms with van der Waals surface area (Å²) in [4.78, 5) is 22.7. The molecule has 1 atom stereocenters. The van der Waals surface area contributed by atoms with Crippen LogP contribution in [-0.2, 0) is 11.3 Å². The van der Waals surface area contributed by atoms with Crippen molar-refractivity contribution >= 4 is 29.0 Å². The summed E-state index contributed by atoms with van der Waals surface area (Å²) in [6.45, 7) is 5.76. The van der Waals surface area contributed by atoms with E-state index in [-0.39, 0.29) is 11.6 Å². The summed E-state index contributed by atoms with van der Waals surface area (Å²) in [5.74, 6) is -0.386. The van der Waals surface area contributed by atoms with Crippen LogP contribution in [0.15, 0.2) is 66.3 Å². The van der Waals surface area contributed by atoms with Crippen LogP contribution >= 0.6 is 11.8 Å². The third kappa shape index (κ3) is 4.71. The van der Waals surface area contributed by atoms with Gasteiger partial charge < -0.3 is 5.32 Å². The van der Waals surface area contributed by atoms with Gasteiger partial charge in [0, 0.05) is 24.4 Å². The predicted molar refractivity (Wildman–Crippen MR) is 113 cm³/mol. The molecule has 0 saturated heterocycles. The van der Waals surface area contributed by atoms with Gasteiger partial charge >= 0.3 is 0 Å². The standard InChI is InChI=1S/C20H18FN5O3S/c1-3-12-25-18(16-6-4-5-7-17(16)21)23-24-20(25)30-13(2)19(27)22-14-8-10-15(11-9-14)26(28)29/h3-11,13H,1,12H2,2H3,(H,22,27). The van der Waals surface area contributed by atoms with Gasteiger partial charge in [0.15, 0.2) is 11.0 Å². The van der Waals surface area contributed by atoms with Crippen LogP contribution in [0.3, 0.4) is 0 Å². The number of non-ortho nitro benzene ring substituents is 1. The number of carbonyl (C=O) groups excluding carboxylic acids is 1. The number of carbonyl (C=O) groups is 1. The number of halogens is 1. The van der Waals surface area contributed by atoms with Crippen LogP contribution in [0.1, 0.15) is 6.92 Å². The molecule has 10 heteroatoms. The van der Waals surface area contributed by atoms with Gasteiger partial charge in [-0.1, -0.05) is 30.0 Å². The quantitative estimate of drug-likeness (QED) is 0.249. The molecular formula is C20H18FN5O3S. The molecule has 0 bridgehead atoms. The Kier molecular flexibility index (Phi) is 6.58. The van der Waals surface area contributed by atoms with Crippen LogP contribution in [0.2, 0.25) is 0 Å². The minimum Gasteiger partial charge on any atom is -0.325 e. The summed E-state index contributed by atoms with van der Waals surface area (Å²) in [5, 5.41) is 21.5. The maximum atomic E-state index is 14.2. The van der Waals surface area contributed by atoms with Gasteiger partial charge in [0.2, 0.25) is 5.91 Å². The molecule has 0 fully saturated rings. The number of nitrogens with one attached hydrogen (secondary N) is 1. The predicted octanol–water partition coefficient (Wildman–Crippen LogP) is 4.30. The Balaban J connectivity index is 1.76. The van der Waals surface area contributed by atoms with Crippen molar-refractivity contribution < 1.29 is 14.1 Å². The number of nitro groups is 1. The first-order chi connectivity index (χ1) is 14.4. The van der Waals surface area contributed by atoms with Crippen molar-refractivity contribution in [3.05, 3.63) is 77.1 Å². The summed E-state index contributed by atoms with van der Waals surface area (Å²) < 4.78 is 15.9. The van der Waals surface area contributed by atoms with E-state index in [4.69, 9.17) is 0 Å². The van der Waals surface area contributed by atoms with E-state index in [2.05, 4.69) is 22.1 Å². The van der Waals surface area contributed by atoms with Gasteiger partial charge in [0.05, 0.1) is 15.7 Å². The number of hydrogen-bond donors (Lipinski definition) is 1. The highest BCUT2D eigenvalue weighted by molar-refractivity contribution is 8.00. The number of aromatic nitrogens is 3. The molecule has 3 rings (SSSR count). The fourth-order valence-corrected chi connectivity index (χ4v) is 3.49. The fraction of sp³-hybridized carbons (Fsp3) is 0.150. The minimum absolute atomic E-state index is 0.0615. The molecule has 3 aromatic rings. The number of thioether (sulfide) groups is 1. The first-order valence-electron chi connectivity index (χ1n) is 8.91. The first-order valence-corrected chi connectivity index (χ1v) is 9.79. The largest absolute Gasteiger partial charge is 0.325 e. The number of nitro benzene ring substituents is 1. The van der Waals surface area contributed by atoms with Crippen molar-refractivity contribution in [1.29, 1.82) is 0 Å². The smallest absolute Gasteiger partial charge is 0.269 e. The third-order valence-corrected chi connectivity index (χ3v) is 5.22. The van der Waals surface area contributed by atoms with Gasteiger partial charge in [0.25, 0.3) is 5.69 Å². The summed E-state index contributed by atoms with van der Waals surface area (Å²) in [7, 11) is 0. The monoisotopic (exact) mass is 427 g/mol. The van der Waals surface area contributed by atoms with Crippen molar-refractivity contribution in [3.63, 3.8) is 0 Å². The van der Waals surface area contributed by atoms with E-state index >= 15 is 0 Å². The SMILES string of the molecule is C=CCn1c(SC(C)C(=O)Nc2ccc([N+](=O)[O-])cc2)nnc1-c1ccccc1F. The lowest BCUT2D eigenvalue weighted by atomic mass is 10.2. The lowest BCUT2D eigenvalue weighted by Crippen LogP contribution is -2.23. The average molecular weight is 427 g/mol. The fourth-order valence-electron chi connectivity index (χ4n) is 2.63. The van der Waals surface area contributed by atoms with Gasteiger partial charge in [-0.2, -0.15) is 0 Å². The molecule has 2 aromatic carbocycles. The molecule has 30 heavy (non-hydrogen) atoms. The molecule has 0 radical (unpaired) electrons. The molecule has 154 valence electrons. The van der Waals surface area contributed by atoms with Crippen LogP contribution in [-0.4, -0.2) is 30.8 Å². The van der Waals surface area contributed by atoms with Gasteiger partial charge in [0.1, 0.15) is 5.82 Å². The second-order valence-corrected chi connectivity index (χ2v) is 7.55. The number of anilines is 1. The van der Waals surface area contributed by atoms with Crippen LogP contribution in [0.25, 0.3) is 11.4 Å². The summed E-state index contributed by atoms with van der Waals surface area (Å²) in [6.07, 6.45) is 1.64. The molecule has 1 aromatic heterocycles. The van der Waals surface area contributed by atoms with E-state index in [0.717, 1.165) is 0 Å². The van der Waals surface area contributed by atoms with E-state index < -0.39 is 16.0 Å². The molecule has 0 aliphatic heterocycles. The highest BCUT2D eigenvalue weighted by atomic mass is 32.2. The average Bonchev–Trinajstić information content (AvgIpc) is 3.11. The zero-order valence-electron chi connectivity index (χ0n) is 16.0. The molecule has 1 N–H and O–H groups in total. The van der Waals surface area contributed by atoms with Crippen molar-refractivity contribution in [2.24, 2.45) is 0 Å². The number of nitrogens with zero attached hydrogens (tertiary/aromatic N) is 4. The zero-order valence-corrected chi connectivity index (χ0v) is 16.8. The highest BCUT2D eigenvalue weighted by Crippen LogP contribution is 2.29. The second kappa shape index (κ2) is 9.31. The Hall–Kier alpha value is -3.53. The van der Waals surface area contributed by atoms with Crippen LogP contribution in [0, 0.1) is 15.9 Å². The second-order valence-electron chi connectivity index (χ2n) is 6.24. The van der Waals surface area contributed by atoms with Crippen molar-refractivity contribution in [3.8, 4) is 11.4 Å². The molecule has 1 unspecified atom stereocenters. The highest BCUT2D eigenvalue weighted by Gasteiger charge is 2.22. The molecule has 0 saturated carbocycles. The van der Waals surface area contributed by atoms with Crippen LogP contribution in [0.5, 0.6) is 0 Å². The Bertz CT molecular complexity index is 1080. The summed E-state index contributed by atoms with van der Waals surface area (Å²) >= 11 is 1.17. The van der Waals surface area contributed by atoms with Gasteiger partial charge in [-0.25, -0.2) is 4.39 Å². The van der Waals surface area contributed by atoms with Gasteiger partial charge in [-0.15, -0.1) is 16.8 Å². The van der Waals surface area contributed by atoms with E-state index in [1.54, 1.807) is 35.8 Å². The summed E-state index contributed by atoms with van der Waals surface area (Å²) in [6, 6.07) is 11.8. The van der Waals surface area contributed by atoms with E-state index in [1.807, 2.05) is 0 Å². The van der Waals surface area contributed by atoms with E-state index in [1.165, 1.54) is 42.1 Å². The van der Waals surface area contributed by atoms with Crippen molar-refractivity contribution in [2.75, 3.05) is 5.32 Å². The number of amides is 1. The molecule has 1 heterocycles. The Labute approximate surface area is 176 Å². The van der Waals surface area contributed by atoms with Crippen molar-refractivity contribution in [1.82, 2.24) is 14.8 Å². The lowest BCUT2D eigenvalue weighted by molar-refractivity contribution is -0.384. The Morgan fingerprint density at radius 3 is 2.63 bits per heavy atom. The molecular weight excluding hydrogens is 409 g/mol. The van der Waals surface area contributed by atoms with Crippen molar-refractivity contribution in [2.45, 2.75) is 23.9 Å². The molecule has 0 spiro atoms. The third-order valence-electron chi connectivity index (χ3n) is 4.14. The number of benzene rings is 2. The maximum absolute atomic E-state index is 14.2. The van der Waals surface area contributed by atoms with E-state index in [9.17, 15) is 19.3 Å². The minimum atomic E-state index is -0.554. The molecule has 8 nitrogen and oxygen atoms in total. The number of allylic oxidation sites excluding steroid dienone is 1. The topological polar surface area (TPSA) is 103 Å². The maximum Gasteiger partial charge on any atom is 0.269 e. The molecule has 0 aliphatic carbocycles. The Morgan fingerprint density at radius 2 is 2.00 bits per heavy atom. The van der Waals surface area contributed by atoms with Crippen LogP contribution in [0.4, 0.5) is 15.8 Å². The van der Waals surface area contributed by atoms with Crippen LogP contribution < -0.4 is 5.32 Å². The number of rotatable bonds is 8. The van der Waals surface area contributed by atoms with Gasteiger partial charge in [-0.05, 0) is 31.2 Å². The molecule has 1 amide bonds. The van der Waals surface area contributed by atoms with E-state index in [0.29, 0.717) is 28.8 Å². The zero-order chi connectivity index (χ0) is 21.7.